The molecule has 2 aromatic heterocycles. The number of para-hydroxylation sites is 1. The Labute approximate surface area is 137 Å². The van der Waals surface area contributed by atoms with Crippen LogP contribution < -0.4 is 0 Å². The molecule has 0 saturated heterocycles. The van der Waals surface area contributed by atoms with Gasteiger partial charge in [0, 0.05) is 6.20 Å². The SMILES string of the molecule is N#Cc1ccc(C(=O)O)nc1/C=C/c1ccn(-c2ccccc2)n1. The zero-order valence-corrected chi connectivity index (χ0v) is 12.5. The molecule has 0 fully saturated rings. The summed E-state index contributed by atoms with van der Waals surface area (Å²) in [6.07, 6.45) is 5.10. The van der Waals surface area contributed by atoms with Crippen molar-refractivity contribution in [1.29, 1.82) is 5.26 Å². The molecule has 0 spiro atoms. The van der Waals surface area contributed by atoms with Crippen molar-refractivity contribution >= 4 is 18.1 Å². The van der Waals surface area contributed by atoms with Crippen LogP contribution in [0.1, 0.15) is 27.4 Å². The minimum atomic E-state index is -1.14. The van der Waals surface area contributed by atoms with Gasteiger partial charge in [-0.05, 0) is 42.5 Å². The van der Waals surface area contributed by atoms with Crippen LogP contribution >= 0.6 is 0 Å². The van der Waals surface area contributed by atoms with E-state index >= 15 is 0 Å². The molecule has 6 nitrogen and oxygen atoms in total. The monoisotopic (exact) mass is 316 g/mol. The molecule has 0 aliphatic heterocycles. The summed E-state index contributed by atoms with van der Waals surface area (Å²) in [6.45, 7) is 0. The summed E-state index contributed by atoms with van der Waals surface area (Å²) in [5.41, 5.74) is 2.10. The number of pyridine rings is 1. The van der Waals surface area contributed by atoms with Gasteiger partial charge in [-0.25, -0.2) is 14.5 Å². The molecule has 0 aliphatic carbocycles. The van der Waals surface area contributed by atoms with Gasteiger partial charge >= 0.3 is 5.97 Å². The van der Waals surface area contributed by atoms with Crippen molar-refractivity contribution in [3.63, 3.8) is 0 Å². The molecule has 0 aliphatic rings. The molecular weight excluding hydrogens is 304 g/mol. The Morgan fingerprint density at radius 2 is 1.92 bits per heavy atom. The zero-order chi connectivity index (χ0) is 16.9. The van der Waals surface area contributed by atoms with Crippen molar-refractivity contribution in [3.8, 4) is 11.8 Å². The molecule has 3 aromatic rings. The van der Waals surface area contributed by atoms with Gasteiger partial charge in [0.15, 0.2) is 0 Å². The third-order valence-corrected chi connectivity index (χ3v) is 3.31. The first-order valence-electron chi connectivity index (χ1n) is 7.11. The van der Waals surface area contributed by atoms with E-state index in [9.17, 15) is 4.79 Å². The number of carbonyl (C=O) groups is 1. The van der Waals surface area contributed by atoms with Crippen LogP contribution in [-0.4, -0.2) is 25.8 Å². The summed E-state index contributed by atoms with van der Waals surface area (Å²) in [5, 5.41) is 22.5. The van der Waals surface area contributed by atoms with Gasteiger partial charge in [0.1, 0.15) is 11.8 Å². The van der Waals surface area contributed by atoms with Crippen LogP contribution in [0.2, 0.25) is 0 Å². The summed E-state index contributed by atoms with van der Waals surface area (Å²) in [7, 11) is 0. The Balaban J connectivity index is 1.89. The van der Waals surface area contributed by atoms with Crippen LogP contribution in [0.4, 0.5) is 0 Å². The van der Waals surface area contributed by atoms with Crippen LogP contribution in [0.5, 0.6) is 0 Å². The fourth-order valence-corrected chi connectivity index (χ4v) is 2.13. The molecular formula is C18H12N4O2. The van der Waals surface area contributed by atoms with Crippen LogP contribution in [-0.2, 0) is 0 Å². The molecule has 0 amide bonds. The highest BCUT2D eigenvalue weighted by atomic mass is 16.4. The van der Waals surface area contributed by atoms with E-state index < -0.39 is 5.97 Å². The average molecular weight is 316 g/mol. The van der Waals surface area contributed by atoms with E-state index in [0.29, 0.717) is 17.0 Å². The summed E-state index contributed by atoms with van der Waals surface area (Å²) in [6, 6.07) is 16.2. The number of aromatic nitrogens is 3. The number of hydrogen-bond donors (Lipinski definition) is 1. The molecule has 1 N–H and O–H groups in total. The molecule has 0 saturated carbocycles. The fourth-order valence-electron chi connectivity index (χ4n) is 2.13. The third kappa shape index (κ3) is 3.20. The van der Waals surface area contributed by atoms with Crippen LogP contribution in [0, 0.1) is 11.3 Å². The molecule has 2 heterocycles. The number of carboxylic acids is 1. The van der Waals surface area contributed by atoms with Crippen LogP contribution in [0.3, 0.4) is 0 Å². The minimum absolute atomic E-state index is 0.108. The van der Waals surface area contributed by atoms with Crippen LogP contribution in [0.25, 0.3) is 17.8 Å². The second-order valence-electron chi connectivity index (χ2n) is 4.90. The predicted molar refractivity (Wildman–Crippen MR) is 88.4 cm³/mol. The van der Waals surface area contributed by atoms with Gasteiger partial charge in [0.2, 0.25) is 0 Å². The summed E-state index contributed by atoms with van der Waals surface area (Å²) < 4.78 is 1.73. The molecule has 0 unspecified atom stereocenters. The Morgan fingerprint density at radius 1 is 1.12 bits per heavy atom. The van der Waals surface area contributed by atoms with Gasteiger partial charge in [-0.15, -0.1) is 0 Å². The number of aromatic carboxylic acids is 1. The summed E-state index contributed by atoms with van der Waals surface area (Å²) in [4.78, 5) is 15.0. The molecule has 0 atom stereocenters. The first-order valence-corrected chi connectivity index (χ1v) is 7.11. The number of nitrogens with zero attached hydrogens (tertiary/aromatic N) is 4. The Morgan fingerprint density at radius 3 is 2.62 bits per heavy atom. The van der Waals surface area contributed by atoms with E-state index in [0.717, 1.165) is 5.69 Å². The molecule has 1 aromatic carbocycles. The van der Waals surface area contributed by atoms with Gasteiger partial charge < -0.3 is 5.11 Å². The average Bonchev–Trinajstić information content (AvgIpc) is 3.09. The largest absolute Gasteiger partial charge is 0.477 e. The first kappa shape index (κ1) is 15.2. The first-order chi connectivity index (χ1) is 11.7. The lowest BCUT2D eigenvalue weighted by atomic mass is 10.1. The maximum atomic E-state index is 11.0. The van der Waals surface area contributed by atoms with Gasteiger partial charge in [-0.2, -0.15) is 10.4 Å². The Kier molecular flexibility index (Phi) is 4.17. The second-order valence-corrected chi connectivity index (χ2v) is 4.90. The molecule has 0 bridgehead atoms. The minimum Gasteiger partial charge on any atom is -0.477 e. The highest BCUT2D eigenvalue weighted by Crippen LogP contribution is 2.12. The second kappa shape index (κ2) is 6.58. The van der Waals surface area contributed by atoms with Crippen molar-refractivity contribution in [3.05, 3.63) is 77.4 Å². The van der Waals surface area contributed by atoms with Crippen LogP contribution in [0.15, 0.2) is 54.7 Å². The van der Waals surface area contributed by atoms with E-state index in [1.54, 1.807) is 16.8 Å². The van der Waals surface area contributed by atoms with Gasteiger partial charge in [0.25, 0.3) is 0 Å². The number of nitriles is 1. The topological polar surface area (TPSA) is 91.8 Å². The molecule has 0 radical (unpaired) electrons. The third-order valence-electron chi connectivity index (χ3n) is 3.31. The predicted octanol–water partition coefficient (Wildman–Crippen LogP) is 3.01. The van der Waals surface area contributed by atoms with Crippen molar-refractivity contribution in [2.75, 3.05) is 0 Å². The lowest BCUT2D eigenvalue weighted by Crippen LogP contribution is -2.02. The van der Waals surface area contributed by atoms with E-state index in [1.807, 2.05) is 48.7 Å². The van der Waals surface area contributed by atoms with Gasteiger partial charge in [-0.3, -0.25) is 0 Å². The van der Waals surface area contributed by atoms with E-state index in [4.69, 9.17) is 10.4 Å². The molecule has 6 heteroatoms. The fraction of sp³-hybridized carbons (Fsp3) is 0. The standard InChI is InChI=1S/C18H12N4O2/c19-12-13-6-8-17(18(23)24)20-16(13)9-7-14-10-11-22(21-14)15-4-2-1-3-5-15/h1-11H,(H,23,24)/b9-7+. The zero-order valence-electron chi connectivity index (χ0n) is 12.5. The number of hydrogen-bond acceptors (Lipinski definition) is 4. The molecule has 116 valence electrons. The van der Waals surface area contributed by atoms with E-state index in [1.165, 1.54) is 12.1 Å². The highest BCUT2D eigenvalue weighted by molar-refractivity contribution is 5.86. The highest BCUT2D eigenvalue weighted by Gasteiger charge is 2.08. The lowest BCUT2D eigenvalue weighted by Gasteiger charge is -2.00. The Bertz CT molecular complexity index is 953. The number of carboxylic acid groups (broad SMARTS) is 1. The summed E-state index contributed by atoms with van der Waals surface area (Å²) >= 11 is 0. The maximum absolute atomic E-state index is 11.0. The molecule has 3 rings (SSSR count). The van der Waals surface area contributed by atoms with Crippen molar-refractivity contribution in [1.82, 2.24) is 14.8 Å². The Hall–Kier alpha value is -3.72. The number of benzene rings is 1. The van der Waals surface area contributed by atoms with Crippen molar-refractivity contribution in [2.45, 2.75) is 0 Å². The normalized spacial score (nSPS) is 10.6. The lowest BCUT2D eigenvalue weighted by molar-refractivity contribution is 0.0690. The number of rotatable bonds is 4. The van der Waals surface area contributed by atoms with E-state index in [2.05, 4.69) is 10.1 Å². The van der Waals surface area contributed by atoms with Crippen molar-refractivity contribution < 1.29 is 9.90 Å². The van der Waals surface area contributed by atoms with E-state index in [-0.39, 0.29) is 5.69 Å². The van der Waals surface area contributed by atoms with Crippen molar-refractivity contribution in [2.24, 2.45) is 0 Å². The molecule has 24 heavy (non-hydrogen) atoms. The van der Waals surface area contributed by atoms with Gasteiger partial charge in [0.05, 0.1) is 22.6 Å². The quantitative estimate of drug-likeness (QED) is 0.798. The van der Waals surface area contributed by atoms with Gasteiger partial charge in [-0.1, -0.05) is 18.2 Å². The maximum Gasteiger partial charge on any atom is 0.354 e. The smallest absolute Gasteiger partial charge is 0.354 e. The summed E-state index contributed by atoms with van der Waals surface area (Å²) in [5.74, 6) is -1.14.